The molecule has 6 heteroatoms. The van der Waals surface area contributed by atoms with Crippen LogP contribution in [-0.2, 0) is 22.6 Å². The van der Waals surface area contributed by atoms with Crippen molar-refractivity contribution in [1.82, 2.24) is 14.8 Å². The largest absolute Gasteiger partial charge is 0.467 e. The maximum Gasteiger partial charge on any atom is 0.246 e. The molecule has 2 aliphatic rings. The number of rotatable bonds is 2. The smallest absolute Gasteiger partial charge is 0.246 e. The van der Waals surface area contributed by atoms with E-state index < -0.39 is 6.04 Å². The molecular weight excluding hydrogens is 330 g/mol. The third-order valence-corrected chi connectivity index (χ3v) is 5.55. The van der Waals surface area contributed by atoms with E-state index in [1.165, 1.54) is 0 Å². The normalized spacial score (nSPS) is 22.7. The van der Waals surface area contributed by atoms with Crippen LogP contribution in [0, 0.1) is 0 Å². The second-order valence-electron chi connectivity index (χ2n) is 7.03. The van der Waals surface area contributed by atoms with E-state index in [1.54, 1.807) is 22.1 Å². The fourth-order valence-electron chi connectivity index (χ4n) is 4.35. The summed E-state index contributed by atoms with van der Waals surface area (Å²) in [6, 6.07) is 11.1. The van der Waals surface area contributed by atoms with Gasteiger partial charge in [-0.2, -0.15) is 0 Å². The zero-order chi connectivity index (χ0) is 17.8. The van der Waals surface area contributed by atoms with Crippen molar-refractivity contribution >= 4 is 22.7 Å². The minimum atomic E-state index is -0.451. The highest BCUT2D eigenvalue weighted by Gasteiger charge is 2.46. The van der Waals surface area contributed by atoms with Crippen LogP contribution in [0.4, 0.5) is 0 Å². The third-order valence-electron chi connectivity index (χ3n) is 5.55. The number of carbonyl (C=O) groups is 2. The highest BCUT2D eigenvalue weighted by Crippen LogP contribution is 2.39. The van der Waals surface area contributed by atoms with Gasteiger partial charge in [0.1, 0.15) is 18.3 Å². The van der Waals surface area contributed by atoms with Gasteiger partial charge in [-0.3, -0.25) is 9.59 Å². The molecule has 0 spiro atoms. The highest BCUT2D eigenvalue weighted by atomic mass is 16.3. The summed E-state index contributed by atoms with van der Waals surface area (Å²) >= 11 is 0. The Labute approximate surface area is 150 Å². The number of benzene rings is 1. The number of para-hydroxylation sites is 1. The van der Waals surface area contributed by atoms with Crippen molar-refractivity contribution in [2.24, 2.45) is 0 Å². The van der Waals surface area contributed by atoms with Gasteiger partial charge in [0.15, 0.2) is 0 Å². The molecule has 2 aromatic heterocycles. The Hall–Kier alpha value is -3.02. The fourth-order valence-corrected chi connectivity index (χ4v) is 4.35. The van der Waals surface area contributed by atoms with Crippen LogP contribution >= 0.6 is 0 Å². The summed E-state index contributed by atoms with van der Waals surface area (Å²) in [5.74, 6) is 0.665. The van der Waals surface area contributed by atoms with Crippen molar-refractivity contribution in [3.8, 4) is 0 Å². The molecule has 0 unspecified atom stereocenters. The van der Waals surface area contributed by atoms with Crippen molar-refractivity contribution in [3.63, 3.8) is 0 Å². The molecule has 4 heterocycles. The molecule has 1 aromatic carbocycles. The van der Waals surface area contributed by atoms with E-state index in [0.29, 0.717) is 18.7 Å². The van der Waals surface area contributed by atoms with E-state index in [9.17, 15) is 9.59 Å². The average molecular weight is 349 g/mol. The number of amides is 2. The molecular formula is C20H19N3O3. The van der Waals surface area contributed by atoms with E-state index in [-0.39, 0.29) is 24.4 Å². The molecule has 1 N–H and O–H groups in total. The van der Waals surface area contributed by atoms with E-state index >= 15 is 0 Å². The molecule has 132 valence electrons. The molecule has 2 aliphatic heterocycles. The van der Waals surface area contributed by atoms with Gasteiger partial charge in [-0.25, -0.2) is 0 Å². The maximum atomic E-state index is 13.1. The van der Waals surface area contributed by atoms with Crippen LogP contribution in [0.5, 0.6) is 0 Å². The lowest BCUT2D eigenvalue weighted by Gasteiger charge is -2.45. The number of aromatic nitrogens is 1. The van der Waals surface area contributed by atoms with Gasteiger partial charge in [0.2, 0.25) is 11.8 Å². The average Bonchev–Trinajstić information content (AvgIpc) is 3.27. The molecule has 3 aromatic rings. The summed E-state index contributed by atoms with van der Waals surface area (Å²) in [6.45, 7) is 2.42. The third kappa shape index (κ3) is 2.11. The number of H-pyrrole nitrogens is 1. The predicted octanol–water partition coefficient (Wildman–Crippen LogP) is 2.62. The van der Waals surface area contributed by atoms with E-state index in [1.807, 2.05) is 31.2 Å². The number of nitrogens with zero attached hydrogens (tertiary/aromatic N) is 2. The Balaban J connectivity index is 1.54. The summed E-state index contributed by atoms with van der Waals surface area (Å²) in [7, 11) is 0. The number of aromatic amines is 1. The Morgan fingerprint density at radius 1 is 1.19 bits per heavy atom. The lowest BCUT2D eigenvalue weighted by atomic mass is 9.90. The SMILES string of the molecule is C[C@H]1c2[nH]c3ccccc3c2C[C@H]2C(=O)N(Cc3ccco3)CC(=O)N21. The van der Waals surface area contributed by atoms with Gasteiger partial charge in [0.05, 0.1) is 18.8 Å². The number of furan rings is 1. The summed E-state index contributed by atoms with van der Waals surface area (Å²) in [6.07, 6.45) is 2.13. The predicted molar refractivity (Wildman–Crippen MR) is 95.2 cm³/mol. The van der Waals surface area contributed by atoms with Crippen LogP contribution in [0.1, 0.15) is 30.0 Å². The molecule has 6 nitrogen and oxygen atoms in total. The number of piperazine rings is 1. The summed E-state index contributed by atoms with van der Waals surface area (Å²) in [5, 5.41) is 1.14. The Kier molecular flexibility index (Phi) is 3.22. The molecule has 0 bridgehead atoms. The van der Waals surface area contributed by atoms with Gasteiger partial charge in [0.25, 0.3) is 0 Å². The molecule has 0 saturated carbocycles. The first-order chi connectivity index (χ1) is 12.6. The van der Waals surface area contributed by atoms with Crippen LogP contribution < -0.4 is 0 Å². The zero-order valence-electron chi connectivity index (χ0n) is 14.4. The van der Waals surface area contributed by atoms with Crippen molar-refractivity contribution in [2.75, 3.05) is 6.54 Å². The summed E-state index contributed by atoms with van der Waals surface area (Å²) in [5.41, 5.74) is 3.25. The second kappa shape index (κ2) is 5.49. The van der Waals surface area contributed by atoms with E-state index in [4.69, 9.17) is 4.42 Å². The van der Waals surface area contributed by atoms with Crippen LogP contribution in [0.2, 0.25) is 0 Å². The van der Waals surface area contributed by atoms with Gasteiger partial charge in [0, 0.05) is 23.0 Å². The summed E-state index contributed by atoms with van der Waals surface area (Å²) < 4.78 is 5.35. The Morgan fingerprint density at radius 2 is 2.04 bits per heavy atom. The number of carbonyl (C=O) groups excluding carboxylic acids is 2. The van der Waals surface area contributed by atoms with Crippen LogP contribution in [0.15, 0.2) is 47.1 Å². The van der Waals surface area contributed by atoms with Gasteiger partial charge in [-0.15, -0.1) is 0 Å². The van der Waals surface area contributed by atoms with E-state index in [0.717, 1.165) is 22.2 Å². The number of hydrogen-bond acceptors (Lipinski definition) is 3. The van der Waals surface area contributed by atoms with Crippen LogP contribution in [0.3, 0.4) is 0 Å². The van der Waals surface area contributed by atoms with Crippen LogP contribution in [0.25, 0.3) is 10.9 Å². The molecule has 26 heavy (non-hydrogen) atoms. The Morgan fingerprint density at radius 3 is 2.85 bits per heavy atom. The summed E-state index contributed by atoms with van der Waals surface area (Å²) in [4.78, 5) is 32.8. The van der Waals surface area contributed by atoms with Crippen molar-refractivity contribution < 1.29 is 14.0 Å². The monoisotopic (exact) mass is 349 g/mol. The molecule has 5 rings (SSSR count). The van der Waals surface area contributed by atoms with Crippen molar-refractivity contribution in [1.29, 1.82) is 0 Å². The second-order valence-corrected chi connectivity index (χ2v) is 7.03. The number of fused-ring (bicyclic) bond motifs is 4. The first kappa shape index (κ1) is 15.3. The fraction of sp³-hybridized carbons (Fsp3) is 0.300. The van der Waals surface area contributed by atoms with Gasteiger partial charge < -0.3 is 19.2 Å². The van der Waals surface area contributed by atoms with Gasteiger partial charge in [-0.1, -0.05) is 18.2 Å². The number of nitrogens with one attached hydrogen (secondary N) is 1. The quantitative estimate of drug-likeness (QED) is 0.773. The molecule has 0 aliphatic carbocycles. The molecule has 1 saturated heterocycles. The van der Waals surface area contributed by atoms with Crippen molar-refractivity contribution in [2.45, 2.75) is 32.0 Å². The first-order valence-electron chi connectivity index (χ1n) is 8.85. The molecule has 1 fully saturated rings. The van der Waals surface area contributed by atoms with Gasteiger partial charge >= 0.3 is 0 Å². The topological polar surface area (TPSA) is 69.5 Å². The Bertz CT molecular complexity index is 1000. The maximum absolute atomic E-state index is 13.1. The molecule has 2 amide bonds. The minimum Gasteiger partial charge on any atom is -0.467 e. The lowest BCUT2D eigenvalue weighted by Crippen LogP contribution is -2.62. The standard InChI is InChI=1S/C20H19N3O3/c1-12-19-15(14-6-2-3-7-16(14)21-19)9-17-20(25)22(11-18(24)23(12)17)10-13-5-4-8-26-13/h2-8,12,17,21H,9-11H2,1H3/t12-,17-/m0/s1. The molecule has 0 radical (unpaired) electrons. The number of hydrogen-bond donors (Lipinski definition) is 1. The zero-order valence-corrected chi connectivity index (χ0v) is 14.4. The molecule has 2 atom stereocenters. The van der Waals surface area contributed by atoms with Crippen molar-refractivity contribution in [3.05, 3.63) is 59.7 Å². The van der Waals surface area contributed by atoms with Gasteiger partial charge in [-0.05, 0) is 30.7 Å². The van der Waals surface area contributed by atoms with Crippen LogP contribution in [-0.4, -0.2) is 39.2 Å². The first-order valence-corrected chi connectivity index (χ1v) is 8.85. The minimum absolute atomic E-state index is 0.0104. The van der Waals surface area contributed by atoms with E-state index in [2.05, 4.69) is 11.1 Å². The lowest BCUT2D eigenvalue weighted by molar-refractivity contribution is -0.160. The highest BCUT2D eigenvalue weighted by molar-refractivity contribution is 5.97.